The SMILES string of the molecule is CCC[C@](C)(/C=C/[C@@H]1C[C@H](C)CC[C@H]1C(C)C)N=C=O. The molecule has 0 aromatic carbocycles. The van der Waals surface area contributed by atoms with Crippen LogP contribution in [-0.4, -0.2) is 11.6 Å². The fourth-order valence-electron chi connectivity index (χ4n) is 3.62. The van der Waals surface area contributed by atoms with Crippen LogP contribution in [0.25, 0.3) is 0 Å². The minimum atomic E-state index is -0.362. The predicted octanol–water partition coefficient (Wildman–Crippen LogP) is 5.15. The molecule has 0 spiro atoms. The van der Waals surface area contributed by atoms with E-state index in [0.717, 1.165) is 30.6 Å². The molecule has 2 nitrogen and oxygen atoms in total. The van der Waals surface area contributed by atoms with Gasteiger partial charge in [0.1, 0.15) is 0 Å². The van der Waals surface area contributed by atoms with Crippen LogP contribution < -0.4 is 0 Å². The Morgan fingerprint density at radius 1 is 1.40 bits per heavy atom. The molecule has 20 heavy (non-hydrogen) atoms. The fourth-order valence-corrected chi connectivity index (χ4v) is 3.62. The molecule has 2 heteroatoms. The zero-order chi connectivity index (χ0) is 15.2. The average molecular weight is 277 g/mol. The van der Waals surface area contributed by atoms with Crippen molar-refractivity contribution < 1.29 is 4.79 Å². The quantitative estimate of drug-likeness (QED) is 0.375. The predicted molar refractivity (Wildman–Crippen MR) is 85.4 cm³/mol. The second-order valence-corrected chi connectivity index (χ2v) is 7.16. The molecule has 4 atom stereocenters. The highest BCUT2D eigenvalue weighted by Gasteiger charge is 2.29. The molecule has 1 rings (SSSR count). The second-order valence-electron chi connectivity index (χ2n) is 7.16. The molecular formula is C18H31NO. The van der Waals surface area contributed by atoms with Crippen LogP contribution in [0.15, 0.2) is 17.1 Å². The highest BCUT2D eigenvalue weighted by Crippen LogP contribution is 2.39. The van der Waals surface area contributed by atoms with Gasteiger partial charge in [0.2, 0.25) is 6.08 Å². The molecule has 0 aromatic heterocycles. The number of rotatable bonds is 6. The number of carbonyl (C=O) groups excluding carboxylic acids is 1. The molecule has 0 unspecified atom stereocenters. The van der Waals surface area contributed by atoms with Crippen LogP contribution in [0.3, 0.4) is 0 Å². The van der Waals surface area contributed by atoms with Crippen molar-refractivity contribution in [2.75, 3.05) is 0 Å². The first-order chi connectivity index (χ1) is 9.41. The molecule has 0 radical (unpaired) electrons. The van der Waals surface area contributed by atoms with Crippen molar-refractivity contribution in [2.24, 2.45) is 28.7 Å². The summed E-state index contributed by atoms with van der Waals surface area (Å²) in [5.74, 6) is 2.95. The lowest BCUT2D eigenvalue weighted by Gasteiger charge is -2.36. The first-order valence-corrected chi connectivity index (χ1v) is 8.20. The molecule has 1 aliphatic carbocycles. The van der Waals surface area contributed by atoms with Crippen molar-refractivity contribution in [1.82, 2.24) is 0 Å². The van der Waals surface area contributed by atoms with E-state index in [2.05, 4.69) is 44.8 Å². The van der Waals surface area contributed by atoms with E-state index in [1.54, 1.807) is 6.08 Å². The van der Waals surface area contributed by atoms with E-state index >= 15 is 0 Å². The summed E-state index contributed by atoms with van der Waals surface area (Å²) in [7, 11) is 0. The lowest BCUT2D eigenvalue weighted by atomic mass is 9.69. The van der Waals surface area contributed by atoms with E-state index < -0.39 is 0 Å². The Morgan fingerprint density at radius 2 is 2.10 bits per heavy atom. The van der Waals surface area contributed by atoms with Crippen molar-refractivity contribution in [3.8, 4) is 0 Å². The van der Waals surface area contributed by atoms with Gasteiger partial charge in [-0.15, -0.1) is 0 Å². The molecule has 0 N–H and O–H groups in total. The molecule has 1 fully saturated rings. The maximum absolute atomic E-state index is 10.6. The summed E-state index contributed by atoms with van der Waals surface area (Å²) < 4.78 is 0. The third-order valence-electron chi connectivity index (χ3n) is 4.83. The molecule has 1 aliphatic rings. The zero-order valence-corrected chi connectivity index (χ0v) is 13.9. The molecule has 0 aliphatic heterocycles. The summed E-state index contributed by atoms with van der Waals surface area (Å²) in [6.07, 6.45) is 12.1. The largest absolute Gasteiger partial charge is 0.235 e. The second kappa shape index (κ2) is 7.78. The third-order valence-corrected chi connectivity index (χ3v) is 4.83. The lowest BCUT2D eigenvalue weighted by Crippen LogP contribution is -2.27. The Kier molecular flexibility index (Phi) is 6.68. The molecule has 0 heterocycles. The number of hydrogen-bond donors (Lipinski definition) is 0. The Balaban J connectivity index is 2.84. The first-order valence-electron chi connectivity index (χ1n) is 8.20. The van der Waals surface area contributed by atoms with E-state index in [1.807, 2.05) is 6.92 Å². The van der Waals surface area contributed by atoms with Gasteiger partial charge in [0.25, 0.3) is 0 Å². The highest BCUT2D eigenvalue weighted by molar-refractivity contribution is 5.36. The van der Waals surface area contributed by atoms with Gasteiger partial charge < -0.3 is 0 Å². The lowest BCUT2D eigenvalue weighted by molar-refractivity contribution is 0.178. The van der Waals surface area contributed by atoms with Gasteiger partial charge in [0, 0.05) is 0 Å². The summed E-state index contributed by atoms with van der Waals surface area (Å²) in [4.78, 5) is 14.7. The van der Waals surface area contributed by atoms with Crippen LogP contribution >= 0.6 is 0 Å². The van der Waals surface area contributed by atoms with Crippen LogP contribution in [0.5, 0.6) is 0 Å². The topological polar surface area (TPSA) is 29.4 Å². The Morgan fingerprint density at radius 3 is 2.65 bits per heavy atom. The monoisotopic (exact) mass is 277 g/mol. The molecule has 1 saturated carbocycles. The number of isocyanates is 1. The van der Waals surface area contributed by atoms with Crippen molar-refractivity contribution >= 4 is 6.08 Å². The Hall–Kier alpha value is -0.880. The van der Waals surface area contributed by atoms with Crippen molar-refractivity contribution in [3.05, 3.63) is 12.2 Å². The van der Waals surface area contributed by atoms with Gasteiger partial charge in [-0.3, -0.25) is 0 Å². The van der Waals surface area contributed by atoms with Crippen LogP contribution in [-0.2, 0) is 4.79 Å². The number of hydrogen-bond acceptors (Lipinski definition) is 2. The minimum absolute atomic E-state index is 0.362. The molecule has 0 bridgehead atoms. The molecule has 0 saturated heterocycles. The maximum atomic E-state index is 10.6. The van der Waals surface area contributed by atoms with Crippen molar-refractivity contribution in [3.63, 3.8) is 0 Å². The summed E-state index contributed by atoms with van der Waals surface area (Å²) in [5, 5.41) is 0. The van der Waals surface area contributed by atoms with Gasteiger partial charge in [0.05, 0.1) is 5.54 Å². The van der Waals surface area contributed by atoms with Crippen LogP contribution in [0.4, 0.5) is 0 Å². The van der Waals surface area contributed by atoms with E-state index in [4.69, 9.17) is 0 Å². The fraction of sp³-hybridized carbons (Fsp3) is 0.833. The van der Waals surface area contributed by atoms with Gasteiger partial charge in [-0.05, 0) is 49.9 Å². The summed E-state index contributed by atoms with van der Waals surface area (Å²) >= 11 is 0. The van der Waals surface area contributed by atoms with E-state index in [9.17, 15) is 4.79 Å². The van der Waals surface area contributed by atoms with Crippen LogP contribution in [0.2, 0.25) is 0 Å². The number of aliphatic imine (C=N–C) groups is 1. The van der Waals surface area contributed by atoms with E-state index in [0.29, 0.717) is 5.92 Å². The van der Waals surface area contributed by atoms with E-state index in [-0.39, 0.29) is 5.54 Å². The van der Waals surface area contributed by atoms with Gasteiger partial charge in [0.15, 0.2) is 0 Å². The van der Waals surface area contributed by atoms with Crippen molar-refractivity contribution in [1.29, 1.82) is 0 Å². The Labute approximate surface area is 124 Å². The van der Waals surface area contributed by atoms with Gasteiger partial charge in [-0.1, -0.05) is 52.7 Å². The average Bonchev–Trinajstić information content (AvgIpc) is 2.37. The van der Waals surface area contributed by atoms with Gasteiger partial charge >= 0.3 is 0 Å². The normalized spacial score (nSPS) is 30.2. The van der Waals surface area contributed by atoms with Crippen molar-refractivity contribution in [2.45, 2.75) is 72.3 Å². The molecule has 0 aromatic rings. The summed E-state index contributed by atoms with van der Waals surface area (Å²) in [6, 6.07) is 0. The van der Waals surface area contributed by atoms with Gasteiger partial charge in [-0.25, -0.2) is 4.79 Å². The standard InChI is InChI=1S/C18H31NO/c1-6-10-18(5,19-13-20)11-9-16-12-15(4)7-8-17(16)14(2)3/h9,11,14-17H,6-8,10,12H2,1-5H3/b11-9+/t15-,16-,17+,18-/m1/s1. The Bertz CT molecular complexity index is 368. The number of allylic oxidation sites excluding steroid dienone is 1. The smallest absolute Gasteiger partial charge is 0.211 e. The molecule has 0 amide bonds. The number of nitrogens with zero attached hydrogens (tertiary/aromatic N) is 1. The summed E-state index contributed by atoms with van der Waals surface area (Å²) in [5.41, 5.74) is -0.362. The minimum Gasteiger partial charge on any atom is -0.211 e. The highest BCUT2D eigenvalue weighted by atomic mass is 16.1. The third kappa shape index (κ3) is 4.90. The van der Waals surface area contributed by atoms with Crippen LogP contribution in [0, 0.1) is 23.7 Å². The zero-order valence-electron chi connectivity index (χ0n) is 13.9. The molecular weight excluding hydrogens is 246 g/mol. The first kappa shape index (κ1) is 17.2. The van der Waals surface area contributed by atoms with Crippen LogP contribution in [0.1, 0.15) is 66.7 Å². The maximum Gasteiger partial charge on any atom is 0.235 e. The molecule has 114 valence electrons. The van der Waals surface area contributed by atoms with Gasteiger partial charge in [-0.2, -0.15) is 4.99 Å². The van der Waals surface area contributed by atoms with E-state index in [1.165, 1.54) is 19.3 Å². The summed E-state index contributed by atoms with van der Waals surface area (Å²) in [6.45, 7) is 11.2.